The van der Waals surface area contributed by atoms with Crippen LogP contribution in [-0.4, -0.2) is 65.6 Å². The lowest BCUT2D eigenvalue weighted by Gasteiger charge is -2.26. The number of nitrogens with one attached hydrogen (secondary N) is 3. The summed E-state index contributed by atoms with van der Waals surface area (Å²) in [6.45, 7) is 9.59. The zero-order valence-electron chi connectivity index (χ0n) is 20.5. The molecule has 0 radical (unpaired) electrons. The summed E-state index contributed by atoms with van der Waals surface area (Å²) in [5, 5.41) is 16.4. The highest BCUT2D eigenvalue weighted by atomic mass is 16.6. The zero-order chi connectivity index (χ0) is 25.9. The van der Waals surface area contributed by atoms with Crippen LogP contribution >= 0.6 is 0 Å². The Kier molecular flexibility index (Phi) is 10.8. The van der Waals surface area contributed by atoms with Gasteiger partial charge in [-0.1, -0.05) is 30.3 Å². The van der Waals surface area contributed by atoms with Crippen molar-refractivity contribution in [2.45, 2.75) is 71.4 Å². The number of amides is 3. The van der Waals surface area contributed by atoms with Crippen LogP contribution in [0.25, 0.3) is 0 Å². The highest BCUT2D eigenvalue weighted by Gasteiger charge is 2.29. The first-order chi connectivity index (χ1) is 15.7. The molecule has 0 fully saturated rings. The maximum Gasteiger partial charge on any atom is 0.408 e. The van der Waals surface area contributed by atoms with E-state index in [1.165, 1.54) is 0 Å². The van der Waals surface area contributed by atoms with Crippen LogP contribution in [-0.2, 0) is 30.4 Å². The van der Waals surface area contributed by atoms with E-state index in [0.717, 1.165) is 5.56 Å². The van der Waals surface area contributed by atoms with Gasteiger partial charge in [0.05, 0.1) is 18.8 Å². The van der Waals surface area contributed by atoms with Crippen molar-refractivity contribution in [3.63, 3.8) is 0 Å². The Labute approximate surface area is 199 Å². The fourth-order valence-electron chi connectivity index (χ4n) is 2.40. The minimum atomic E-state index is -1.47. The highest BCUT2D eigenvalue weighted by Crippen LogP contribution is 2.09. The molecule has 2 atom stereocenters. The lowest BCUT2D eigenvalue weighted by atomic mass is 10.2. The lowest BCUT2D eigenvalue weighted by Crippen LogP contribution is -2.56. The number of rotatable bonds is 10. The van der Waals surface area contributed by atoms with Crippen molar-refractivity contribution in [2.24, 2.45) is 0 Å². The van der Waals surface area contributed by atoms with E-state index in [4.69, 9.17) is 14.2 Å². The summed E-state index contributed by atoms with van der Waals surface area (Å²) >= 11 is 0. The molecule has 0 aromatic heterocycles. The highest BCUT2D eigenvalue weighted by molar-refractivity contribution is 5.89. The summed E-state index contributed by atoms with van der Waals surface area (Å²) in [4.78, 5) is 48.5. The van der Waals surface area contributed by atoms with E-state index < -0.39 is 53.9 Å². The predicted octanol–water partition coefficient (Wildman–Crippen LogP) is 2.19. The molecule has 1 rings (SSSR count). The van der Waals surface area contributed by atoms with Gasteiger partial charge in [-0.05, 0) is 47.1 Å². The molecular formula is C23H35N3O8. The van der Waals surface area contributed by atoms with Gasteiger partial charge in [-0.2, -0.15) is 0 Å². The second-order valence-corrected chi connectivity index (χ2v) is 9.46. The lowest BCUT2D eigenvalue weighted by molar-refractivity contribution is -0.142. The van der Waals surface area contributed by atoms with Crippen molar-refractivity contribution < 1.29 is 38.5 Å². The molecule has 4 N–H and O–H groups in total. The molecule has 11 nitrogen and oxygen atoms in total. The molecule has 0 aliphatic carbocycles. The topological polar surface area (TPSA) is 152 Å². The first-order valence-corrected chi connectivity index (χ1v) is 10.8. The SMILES string of the molecule is CC(C)(C)OC[C@H](NC(=O)OCc1ccccc1)C(=O)NC(CNC(=O)OC(C)(C)C)C(=O)O. The van der Waals surface area contributed by atoms with Gasteiger partial charge >= 0.3 is 18.2 Å². The fraction of sp³-hybridized carbons (Fsp3) is 0.565. The van der Waals surface area contributed by atoms with Gasteiger partial charge in [0.25, 0.3) is 0 Å². The van der Waals surface area contributed by atoms with Gasteiger partial charge in [-0.15, -0.1) is 0 Å². The van der Waals surface area contributed by atoms with Crippen LogP contribution in [0.15, 0.2) is 30.3 Å². The smallest absolute Gasteiger partial charge is 0.408 e. The number of carbonyl (C=O) groups is 4. The number of carboxylic acids is 1. The molecular weight excluding hydrogens is 446 g/mol. The van der Waals surface area contributed by atoms with Crippen molar-refractivity contribution in [3.05, 3.63) is 35.9 Å². The van der Waals surface area contributed by atoms with Crippen molar-refractivity contribution in [2.75, 3.05) is 13.2 Å². The van der Waals surface area contributed by atoms with Gasteiger partial charge in [0, 0.05) is 0 Å². The Balaban J connectivity index is 2.78. The minimum absolute atomic E-state index is 0.0152. The summed E-state index contributed by atoms with van der Waals surface area (Å²) in [5.74, 6) is -2.20. The van der Waals surface area contributed by atoms with E-state index in [-0.39, 0.29) is 13.2 Å². The predicted molar refractivity (Wildman–Crippen MR) is 123 cm³/mol. The molecule has 0 bridgehead atoms. The second kappa shape index (κ2) is 12.8. The van der Waals surface area contributed by atoms with E-state index in [9.17, 15) is 24.3 Å². The first kappa shape index (κ1) is 28.7. The van der Waals surface area contributed by atoms with Crippen molar-refractivity contribution in [1.29, 1.82) is 0 Å². The second-order valence-electron chi connectivity index (χ2n) is 9.46. The summed E-state index contributed by atoms with van der Waals surface area (Å²) in [7, 11) is 0. The third-order valence-corrected chi connectivity index (χ3v) is 3.97. The first-order valence-electron chi connectivity index (χ1n) is 10.8. The van der Waals surface area contributed by atoms with Crippen LogP contribution in [0.3, 0.4) is 0 Å². The average molecular weight is 482 g/mol. The molecule has 11 heteroatoms. The number of carboxylic acid groups (broad SMARTS) is 1. The van der Waals surface area contributed by atoms with Crippen LogP contribution in [0.4, 0.5) is 9.59 Å². The molecule has 190 valence electrons. The van der Waals surface area contributed by atoms with E-state index in [0.29, 0.717) is 0 Å². The summed E-state index contributed by atoms with van der Waals surface area (Å²) < 4.78 is 15.8. The number of hydrogen-bond donors (Lipinski definition) is 4. The van der Waals surface area contributed by atoms with Crippen LogP contribution < -0.4 is 16.0 Å². The van der Waals surface area contributed by atoms with Gasteiger partial charge in [0.2, 0.25) is 5.91 Å². The molecule has 1 aromatic rings. The summed E-state index contributed by atoms with van der Waals surface area (Å²) in [6.07, 6.45) is -1.71. The average Bonchev–Trinajstić information content (AvgIpc) is 2.71. The monoisotopic (exact) mass is 481 g/mol. The molecule has 1 aromatic carbocycles. The van der Waals surface area contributed by atoms with Gasteiger partial charge in [-0.3, -0.25) is 4.79 Å². The molecule has 0 saturated heterocycles. The molecule has 1 unspecified atom stereocenters. The molecule has 0 saturated carbocycles. The summed E-state index contributed by atoms with van der Waals surface area (Å²) in [5.41, 5.74) is -0.645. The molecule has 0 aliphatic rings. The van der Waals surface area contributed by atoms with Crippen molar-refractivity contribution in [1.82, 2.24) is 16.0 Å². The number of ether oxygens (including phenoxy) is 3. The Morgan fingerprint density at radius 2 is 1.50 bits per heavy atom. The Morgan fingerprint density at radius 3 is 2.03 bits per heavy atom. The van der Waals surface area contributed by atoms with Gasteiger partial charge in [0.1, 0.15) is 24.3 Å². The Hall–Kier alpha value is -3.34. The standard InChI is InChI=1S/C23H35N3O8/c1-22(2,3)33-14-17(26-21(31)32-13-15-10-8-7-9-11-15)18(27)25-16(19(28)29)12-24-20(30)34-23(4,5)6/h7-11,16-17H,12-14H2,1-6H3,(H,24,30)(H,25,27)(H,26,31)(H,28,29)/t16?,17-/m0/s1. The number of benzene rings is 1. The Morgan fingerprint density at radius 1 is 0.882 bits per heavy atom. The largest absolute Gasteiger partial charge is 0.480 e. The number of hydrogen-bond acceptors (Lipinski definition) is 7. The van der Waals surface area contributed by atoms with Crippen molar-refractivity contribution in [3.8, 4) is 0 Å². The Bertz CT molecular complexity index is 831. The van der Waals surface area contributed by atoms with Crippen LogP contribution in [0, 0.1) is 0 Å². The maximum atomic E-state index is 12.8. The molecule has 3 amide bonds. The van der Waals surface area contributed by atoms with Crippen molar-refractivity contribution >= 4 is 24.1 Å². The van der Waals surface area contributed by atoms with Crippen LogP contribution in [0.2, 0.25) is 0 Å². The van der Waals surface area contributed by atoms with E-state index in [2.05, 4.69) is 16.0 Å². The molecule has 0 aliphatic heterocycles. The minimum Gasteiger partial charge on any atom is -0.480 e. The zero-order valence-corrected chi connectivity index (χ0v) is 20.5. The van der Waals surface area contributed by atoms with Gasteiger partial charge in [-0.25, -0.2) is 14.4 Å². The maximum absolute atomic E-state index is 12.8. The van der Waals surface area contributed by atoms with E-state index in [1.807, 2.05) is 6.07 Å². The molecule has 0 heterocycles. The van der Waals surface area contributed by atoms with Crippen LogP contribution in [0.5, 0.6) is 0 Å². The third-order valence-electron chi connectivity index (χ3n) is 3.97. The van der Waals surface area contributed by atoms with E-state index >= 15 is 0 Å². The van der Waals surface area contributed by atoms with Crippen LogP contribution in [0.1, 0.15) is 47.1 Å². The van der Waals surface area contributed by atoms with Gasteiger partial charge in [0.15, 0.2) is 0 Å². The molecule has 34 heavy (non-hydrogen) atoms. The van der Waals surface area contributed by atoms with Gasteiger partial charge < -0.3 is 35.3 Å². The quantitative estimate of drug-likeness (QED) is 0.397. The third kappa shape index (κ3) is 12.6. The number of alkyl carbamates (subject to hydrolysis) is 2. The number of carbonyl (C=O) groups excluding carboxylic acids is 3. The van der Waals surface area contributed by atoms with E-state index in [1.54, 1.807) is 65.8 Å². The summed E-state index contributed by atoms with van der Waals surface area (Å²) in [6, 6.07) is 6.24. The molecule has 0 spiro atoms. The normalized spacial score (nSPS) is 13.2. The fourth-order valence-corrected chi connectivity index (χ4v) is 2.40. The number of aliphatic carboxylic acids is 1.